The van der Waals surface area contributed by atoms with Gasteiger partial charge in [0.25, 0.3) is 5.91 Å². The molecule has 3 N–H and O–H groups in total. The Balaban J connectivity index is 2.19. The summed E-state index contributed by atoms with van der Waals surface area (Å²) in [4.78, 5) is 12.1. The molecular weight excluding hydrogens is 255 g/mol. The fourth-order valence-electron chi connectivity index (χ4n) is 1.98. The third kappa shape index (κ3) is 2.96. The van der Waals surface area contributed by atoms with Gasteiger partial charge in [-0.3, -0.25) is 4.79 Å². The number of aryl methyl sites for hydroxylation is 2. The van der Waals surface area contributed by atoms with E-state index in [4.69, 9.17) is 5.73 Å². The largest absolute Gasteiger partial charge is 0.398 e. The summed E-state index contributed by atoms with van der Waals surface area (Å²) in [6.07, 6.45) is 0.844. The van der Waals surface area contributed by atoms with E-state index < -0.39 is 0 Å². The standard InChI is InChI=1S/C16H17FN2O/c1-3-11-4-6-13(9-15(11)18)19-16(20)12-5-7-14(17)10(2)8-12/h4-9H,3,18H2,1-2H3,(H,19,20). The number of nitrogen functional groups attached to an aromatic ring is 1. The molecule has 0 aliphatic heterocycles. The third-order valence-electron chi connectivity index (χ3n) is 3.20. The second-order valence-electron chi connectivity index (χ2n) is 4.69. The molecular formula is C16H17FN2O. The van der Waals surface area contributed by atoms with Crippen molar-refractivity contribution in [2.24, 2.45) is 0 Å². The Morgan fingerprint density at radius 1 is 1.25 bits per heavy atom. The Bertz CT molecular complexity index is 653. The van der Waals surface area contributed by atoms with E-state index in [-0.39, 0.29) is 11.7 Å². The highest BCUT2D eigenvalue weighted by Crippen LogP contribution is 2.19. The summed E-state index contributed by atoms with van der Waals surface area (Å²) >= 11 is 0. The van der Waals surface area contributed by atoms with Crippen molar-refractivity contribution >= 4 is 17.3 Å². The number of hydrogen-bond donors (Lipinski definition) is 2. The van der Waals surface area contributed by atoms with Gasteiger partial charge in [0.05, 0.1) is 0 Å². The summed E-state index contributed by atoms with van der Waals surface area (Å²) in [6.45, 7) is 3.64. The number of amides is 1. The lowest BCUT2D eigenvalue weighted by atomic mass is 10.1. The van der Waals surface area contributed by atoms with Gasteiger partial charge in [0.15, 0.2) is 0 Å². The molecule has 0 saturated heterocycles. The highest BCUT2D eigenvalue weighted by molar-refractivity contribution is 6.04. The number of carbonyl (C=O) groups excluding carboxylic acids is 1. The van der Waals surface area contributed by atoms with E-state index >= 15 is 0 Å². The lowest BCUT2D eigenvalue weighted by Crippen LogP contribution is -2.12. The van der Waals surface area contributed by atoms with Crippen LogP contribution in [0.25, 0.3) is 0 Å². The van der Waals surface area contributed by atoms with Gasteiger partial charge in [-0.15, -0.1) is 0 Å². The maximum atomic E-state index is 13.2. The van der Waals surface area contributed by atoms with E-state index in [1.165, 1.54) is 18.2 Å². The lowest BCUT2D eigenvalue weighted by Gasteiger charge is -2.09. The predicted molar refractivity (Wildman–Crippen MR) is 79.3 cm³/mol. The second kappa shape index (κ2) is 5.74. The zero-order valence-electron chi connectivity index (χ0n) is 11.5. The van der Waals surface area contributed by atoms with Crippen molar-refractivity contribution < 1.29 is 9.18 Å². The molecule has 0 aliphatic carbocycles. The summed E-state index contributed by atoms with van der Waals surface area (Å²) < 4.78 is 13.2. The molecule has 0 radical (unpaired) electrons. The van der Waals surface area contributed by atoms with Crippen LogP contribution < -0.4 is 11.1 Å². The van der Waals surface area contributed by atoms with E-state index in [1.807, 2.05) is 19.1 Å². The number of benzene rings is 2. The third-order valence-corrected chi connectivity index (χ3v) is 3.20. The van der Waals surface area contributed by atoms with E-state index in [9.17, 15) is 9.18 Å². The molecule has 0 bridgehead atoms. The predicted octanol–water partition coefficient (Wildman–Crippen LogP) is 3.53. The van der Waals surface area contributed by atoms with Crippen LogP contribution in [0.3, 0.4) is 0 Å². The van der Waals surface area contributed by atoms with E-state index in [2.05, 4.69) is 5.32 Å². The zero-order valence-corrected chi connectivity index (χ0v) is 11.5. The van der Waals surface area contributed by atoms with Crippen molar-refractivity contribution in [1.29, 1.82) is 0 Å². The fourth-order valence-corrected chi connectivity index (χ4v) is 1.98. The first-order valence-electron chi connectivity index (χ1n) is 6.47. The minimum atomic E-state index is -0.321. The van der Waals surface area contributed by atoms with Gasteiger partial charge < -0.3 is 11.1 Å². The number of halogens is 1. The SMILES string of the molecule is CCc1ccc(NC(=O)c2ccc(F)c(C)c2)cc1N. The van der Waals surface area contributed by atoms with Crippen molar-refractivity contribution in [2.75, 3.05) is 11.1 Å². The number of rotatable bonds is 3. The number of nitrogens with one attached hydrogen (secondary N) is 1. The van der Waals surface area contributed by atoms with Gasteiger partial charge in [-0.05, 0) is 54.8 Å². The molecule has 4 heteroatoms. The second-order valence-corrected chi connectivity index (χ2v) is 4.69. The Hall–Kier alpha value is -2.36. The number of anilines is 2. The molecule has 2 aromatic carbocycles. The van der Waals surface area contributed by atoms with Gasteiger partial charge in [-0.2, -0.15) is 0 Å². The first kappa shape index (κ1) is 14.1. The molecule has 0 heterocycles. The Kier molecular flexibility index (Phi) is 4.03. The van der Waals surface area contributed by atoms with Gasteiger partial charge in [-0.25, -0.2) is 4.39 Å². The van der Waals surface area contributed by atoms with Crippen LogP contribution in [0.2, 0.25) is 0 Å². The molecule has 2 rings (SSSR count). The highest BCUT2D eigenvalue weighted by Gasteiger charge is 2.09. The van der Waals surface area contributed by atoms with Crippen molar-refractivity contribution in [2.45, 2.75) is 20.3 Å². The molecule has 0 atom stereocenters. The molecule has 0 aromatic heterocycles. The maximum absolute atomic E-state index is 13.2. The fraction of sp³-hybridized carbons (Fsp3) is 0.188. The van der Waals surface area contributed by atoms with Gasteiger partial charge in [-0.1, -0.05) is 13.0 Å². The minimum Gasteiger partial charge on any atom is -0.398 e. The van der Waals surface area contributed by atoms with Gasteiger partial charge in [0.1, 0.15) is 5.82 Å². The van der Waals surface area contributed by atoms with Crippen LogP contribution in [0, 0.1) is 12.7 Å². The Morgan fingerprint density at radius 3 is 2.60 bits per heavy atom. The summed E-state index contributed by atoms with van der Waals surface area (Å²) in [5.74, 6) is -0.602. The molecule has 104 valence electrons. The van der Waals surface area contributed by atoms with E-state index in [0.29, 0.717) is 22.5 Å². The first-order valence-corrected chi connectivity index (χ1v) is 6.47. The van der Waals surface area contributed by atoms with Crippen molar-refractivity contribution in [1.82, 2.24) is 0 Å². The average Bonchev–Trinajstić information content (AvgIpc) is 2.42. The van der Waals surface area contributed by atoms with Crippen LogP contribution in [0.1, 0.15) is 28.4 Å². The summed E-state index contributed by atoms with van der Waals surface area (Å²) in [7, 11) is 0. The van der Waals surface area contributed by atoms with Gasteiger partial charge in [0.2, 0.25) is 0 Å². The normalized spacial score (nSPS) is 10.3. The van der Waals surface area contributed by atoms with Crippen LogP contribution in [0.4, 0.5) is 15.8 Å². The minimum absolute atomic E-state index is 0.281. The van der Waals surface area contributed by atoms with Gasteiger partial charge in [0, 0.05) is 16.9 Å². The highest BCUT2D eigenvalue weighted by atomic mass is 19.1. The van der Waals surface area contributed by atoms with Crippen molar-refractivity contribution in [3.05, 3.63) is 58.9 Å². The van der Waals surface area contributed by atoms with Crippen LogP contribution in [-0.4, -0.2) is 5.91 Å². The summed E-state index contributed by atoms with van der Waals surface area (Å²) in [6, 6.07) is 9.70. The number of hydrogen-bond acceptors (Lipinski definition) is 2. The monoisotopic (exact) mass is 272 g/mol. The lowest BCUT2D eigenvalue weighted by molar-refractivity contribution is 0.102. The quantitative estimate of drug-likeness (QED) is 0.840. The molecule has 0 aliphatic rings. The Labute approximate surface area is 117 Å². The van der Waals surface area contributed by atoms with Crippen LogP contribution in [0.15, 0.2) is 36.4 Å². The topological polar surface area (TPSA) is 55.1 Å². The molecule has 0 unspecified atom stereocenters. The molecule has 0 saturated carbocycles. The average molecular weight is 272 g/mol. The van der Waals surface area contributed by atoms with Crippen LogP contribution in [0.5, 0.6) is 0 Å². The number of nitrogens with two attached hydrogens (primary N) is 1. The van der Waals surface area contributed by atoms with E-state index in [0.717, 1.165) is 12.0 Å². The molecule has 0 spiro atoms. The van der Waals surface area contributed by atoms with Crippen LogP contribution >= 0.6 is 0 Å². The molecule has 3 nitrogen and oxygen atoms in total. The van der Waals surface area contributed by atoms with Crippen LogP contribution in [-0.2, 0) is 6.42 Å². The maximum Gasteiger partial charge on any atom is 0.255 e. The molecule has 0 fully saturated rings. The smallest absolute Gasteiger partial charge is 0.255 e. The Morgan fingerprint density at radius 2 is 2.00 bits per heavy atom. The molecule has 1 amide bonds. The number of carbonyl (C=O) groups is 1. The first-order chi connectivity index (χ1) is 9.51. The zero-order chi connectivity index (χ0) is 14.7. The molecule has 2 aromatic rings. The van der Waals surface area contributed by atoms with Crippen molar-refractivity contribution in [3.8, 4) is 0 Å². The summed E-state index contributed by atoms with van der Waals surface area (Å²) in [5, 5.41) is 2.76. The van der Waals surface area contributed by atoms with E-state index in [1.54, 1.807) is 13.0 Å². The van der Waals surface area contributed by atoms with Crippen molar-refractivity contribution in [3.63, 3.8) is 0 Å². The summed E-state index contributed by atoms with van der Waals surface area (Å²) in [5.41, 5.74) is 9.08. The van der Waals surface area contributed by atoms with Gasteiger partial charge >= 0.3 is 0 Å². The molecule has 20 heavy (non-hydrogen) atoms.